The summed E-state index contributed by atoms with van der Waals surface area (Å²) in [4.78, 5) is 14.9. The van der Waals surface area contributed by atoms with Gasteiger partial charge in [-0.25, -0.2) is 0 Å². The SMILES string of the molecule is CCN(c1ccncc1)n1cccc1C=O. The molecule has 0 bridgehead atoms. The number of anilines is 1. The first-order valence-electron chi connectivity index (χ1n) is 5.17. The highest BCUT2D eigenvalue weighted by Crippen LogP contribution is 2.14. The smallest absolute Gasteiger partial charge is 0.168 e. The van der Waals surface area contributed by atoms with Gasteiger partial charge in [0.25, 0.3) is 0 Å². The number of aldehydes is 1. The molecule has 0 amide bonds. The molecule has 0 aromatic carbocycles. The van der Waals surface area contributed by atoms with Gasteiger partial charge in [0.1, 0.15) is 5.69 Å². The van der Waals surface area contributed by atoms with E-state index >= 15 is 0 Å². The highest BCUT2D eigenvalue weighted by atomic mass is 16.1. The highest BCUT2D eigenvalue weighted by molar-refractivity contribution is 5.73. The second kappa shape index (κ2) is 4.61. The predicted molar refractivity (Wildman–Crippen MR) is 62.5 cm³/mol. The van der Waals surface area contributed by atoms with Gasteiger partial charge in [-0.2, -0.15) is 0 Å². The lowest BCUT2D eigenvalue weighted by atomic mass is 10.4. The largest absolute Gasteiger partial charge is 0.296 e. The molecule has 0 fully saturated rings. The summed E-state index contributed by atoms with van der Waals surface area (Å²) in [6.45, 7) is 2.81. The van der Waals surface area contributed by atoms with Crippen molar-refractivity contribution in [1.29, 1.82) is 0 Å². The van der Waals surface area contributed by atoms with Gasteiger partial charge in [0.15, 0.2) is 6.29 Å². The molecular weight excluding hydrogens is 202 g/mol. The Labute approximate surface area is 94.1 Å². The van der Waals surface area contributed by atoms with Crippen molar-refractivity contribution in [2.45, 2.75) is 6.92 Å². The predicted octanol–water partition coefficient (Wildman–Crippen LogP) is 1.99. The van der Waals surface area contributed by atoms with E-state index in [2.05, 4.69) is 4.98 Å². The van der Waals surface area contributed by atoms with E-state index in [4.69, 9.17) is 0 Å². The van der Waals surface area contributed by atoms with Crippen LogP contribution >= 0.6 is 0 Å². The first-order valence-corrected chi connectivity index (χ1v) is 5.17. The van der Waals surface area contributed by atoms with Gasteiger partial charge in [0.2, 0.25) is 0 Å². The van der Waals surface area contributed by atoms with Crippen molar-refractivity contribution < 1.29 is 4.79 Å². The van der Waals surface area contributed by atoms with Crippen LogP contribution in [0.4, 0.5) is 5.69 Å². The van der Waals surface area contributed by atoms with Crippen LogP contribution in [0.5, 0.6) is 0 Å². The molecule has 4 heteroatoms. The summed E-state index contributed by atoms with van der Waals surface area (Å²) in [5.74, 6) is 0. The molecule has 0 radical (unpaired) electrons. The lowest BCUT2D eigenvalue weighted by molar-refractivity contribution is 0.111. The first kappa shape index (κ1) is 10.4. The number of pyridine rings is 1. The van der Waals surface area contributed by atoms with Crippen LogP contribution in [0.25, 0.3) is 0 Å². The third kappa shape index (κ3) is 1.82. The summed E-state index contributed by atoms with van der Waals surface area (Å²) < 4.78 is 1.84. The van der Waals surface area contributed by atoms with Crippen molar-refractivity contribution in [3.63, 3.8) is 0 Å². The van der Waals surface area contributed by atoms with E-state index < -0.39 is 0 Å². The first-order chi connectivity index (χ1) is 7.86. The fraction of sp³-hybridized carbons (Fsp3) is 0.167. The van der Waals surface area contributed by atoms with E-state index in [0.717, 1.165) is 18.5 Å². The Kier molecular flexibility index (Phi) is 3.00. The van der Waals surface area contributed by atoms with Crippen LogP contribution < -0.4 is 5.01 Å². The summed E-state index contributed by atoms with van der Waals surface area (Å²) >= 11 is 0. The van der Waals surface area contributed by atoms with Crippen molar-refractivity contribution in [3.8, 4) is 0 Å². The molecule has 0 N–H and O–H groups in total. The Morgan fingerprint density at radius 1 is 1.38 bits per heavy atom. The Hall–Kier alpha value is -2.10. The molecule has 2 aromatic heterocycles. The van der Waals surface area contributed by atoms with Crippen LogP contribution in [0.15, 0.2) is 42.9 Å². The zero-order valence-corrected chi connectivity index (χ0v) is 9.08. The average Bonchev–Trinajstić information content (AvgIpc) is 2.80. The molecular formula is C12H13N3O. The number of carbonyl (C=O) groups excluding carboxylic acids is 1. The monoisotopic (exact) mass is 215 g/mol. The zero-order valence-electron chi connectivity index (χ0n) is 9.08. The van der Waals surface area contributed by atoms with Crippen LogP contribution in [0.2, 0.25) is 0 Å². The summed E-state index contributed by atoms with van der Waals surface area (Å²) in [5, 5.41) is 2.01. The van der Waals surface area contributed by atoms with E-state index in [1.165, 1.54) is 0 Å². The zero-order chi connectivity index (χ0) is 11.4. The molecule has 0 aliphatic carbocycles. The summed E-state index contributed by atoms with van der Waals surface area (Å²) in [6.07, 6.45) is 6.20. The van der Waals surface area contributed by atoms with Gasteiger partial charge in [-0.1, -0.05) is 0 Å². The molecule has 0 saturated carbocycles. The van der Waals surface area contributed by atoms with Crippen molar-refractivity contribution in [2.75, 3.05) is 11.6 Å². The van der Waals surface area contributed by atoms with Gasteiger partial charge < -0.3 is 0 Å². The number of carbonyl (C=O) groups is 1. The standard InChI is InChI=1S/C12H13N3O/c1-2-14(11-5-7-13-8-6-11)15-9-3-4-12(15)10-16/h3-10H,2H2,1H3. The lowest BCUT2D eigenvalue weighted by Gasteiger charge is -2.25. The average molecular weight is 215 g/mol. The maximum absolute atomic E-state index is 10.9. The van der Waals surface area contributed by atoms with E-state index in [1.807, 2.05) is 41.0 Å². The third-order valence-corrected chi connectivity index (χ3v) is 2.40. The topological polar surface area (TPSA) is 38.1 Å². The molecule has 0 atom stereocenters. The van der Waals surface area contributed by atoms with Crippen LogP contribution in [0.1, 0.15) is 17.4 Å². The summed E-state index contributed by atoms with van der Waals surface area (Å²) in [6, 6.07) is 7.47. The fourth-order valence-corrected chi connectivity index (χ4v) is 1.67. The van der Waals surface area contributed by atoms with Gasteiger partial charge in [0.05, 0.1) is 5.69 Å². The van der Waals surface area contributed by atoms with Gasteiger partial charge in [-0.15, -0.1) is 0 Å². The number of nitrogens with zero attached hydrogens (tertiary/aromatic N) is 3. The van der Waals surface area contributed by atoms with Crippen molar-refractivity contribution in [3.05, 3.63) is 48.5 Å². The normalized spacial score (nSPS) is 10.1. The lowest BCUT2D eigenvalue weighted by Crippen LogP contribution is -2.29. The van der Waals surface area contributed by atoms with Gasteiger partial charge >= 0.3 is 0 Å². The minimum atomic E-state index is 0.638. The molecule has 0 aliphatic rings. The van der Waals surface area contributed by atoms with Crippen molar-refractivity contribution >= 4 is 12.0 Å². The Bertz CT molecular complexity index is 464. The van der Waals surface area contributed by atoms with Crippen LogP contribution in [-0.4, -0.2) is 22.5 Å². The summed E-state index contributed by atoms with van der Waals surface area (Å²) in [7, 11) is 0. The number of aromatic nitrogens is 2. The molecule has 2 heterocycles. The molecule has 2 rings (SSSR count). The molecule has 4 nitrogen and oxygen atoms in total. The number of rotatable bonds is 4. The Morgan fingerprint density at radius 3 is 2.75 bits per heavy atom. The maximum Gasteiger partial charge on any atom is 0.168 e. The van der Waals surface area contributed by atoms with E-state index in [1.54, 1.807) is 18.5 Å². The minimum Gasteiger partial charge on any atom is -0.296 e. The molecule has 82 valence electrons. The Balaban J connectivity index is 2.40. The second-order valence-electron chi connectivity index (χ2n) is 3.32. The van der Waals surface area contributed by atoms with Crippen molar-refractivity contribution in [1.82, 2.24) is 9.66 Å². The summed E-state index contributed by atoms with van der Waals surface area (Å²) in [5.41, 5.74) is 1.65. The van der Waals surface area contributed by atoms with Crippen LogP contribution in [0.3, 0.4) is 0 Å². The maximum atomic E-state index is 10.9. The van der Waals surface area contributed by atoms with Gasteiger partial charge in [-0.3, -0.25) is 19.5 Å². The minimum absolute atomic E-state index is 0.638. The fourth-order valence-electron chi connectivity index (χ4n) is 1.67. The molecule has 0 saturated heterocycles. The van der Waals surface area contributed by atoms with E-state index in [0.29, 0.717) is 5.69 Å². The number of hydrogen-bond donors (Lipinski definition) is 0. The van der Waals surface area contributed by atoms with E-state index in [-0.39, 0.29) is 0 Å². The van der Waals surface area contributed by atoms with E-state index in [9.17, 15) is 4.79 Å². The van der Waals surface area contributed by atoms with Crippen LogP contribution in [0, 0.1) is 0 Å². The molecule has 0 aliphatic heterocycles. The molecule has 16 heavy (non-hydrogen) atoms. The Morgan fingerprint density at radius 2 is 2.12 bits per heavy atom. The van der Waals surface area contributed by atoms with Gasteiger partial charge in [-0.05, 0) is 31.2 Å². The number of hydrogen-bond acceptors (Lipinski definition) is 3. The van der Waals surface area contributed by atoms with Crippen LogP contribution in [-0.2, 0) is 0 Å². The molecule has 0 spiro atoms. The van der Waals surface area contributed by atoms with Crippen molar-refractivity contribution in [2.24, 2.45) is 0 Å². The molecule has 0 unspecified atom stereocenters. The third-order valence-electron chi connectivity index (χ3n) is 2.40. The highest BCUT2D eigenvalue weighted by Gasteiger charge is 2.08. The van der Waals surface area contributed by atoms with Gasteiger partial charge in [0, 0.05) is 25.1 Å². The molecule has 2 aromatic rings. The quantitative estimate of drug-likeness (QED) is 0.732. The second-order valence-corrected chi connectivity index (χ2v) is 3.32.